The third kappa shape index (κ3) is 38.5. The normalized spacial score (nSPS) is 13.7. The van der Waals surface area contributed by atoms with Gasteiger partial charge in [0.15, 0.2) is 6.10 Å². The van der Waals surface area contributed by atoms with E-state index >= 15 is 0 Å². The second-order valence-electron chi connectivity index (χ2n) is 15.7. The van der Waals surface area contributed by atoms with E-state index in [2.05, 4.69) is 26.0 Å². The van der Waals surface area contributed by atoms with Crippen molar-refractivity contribution in [3.63, 3.8) is 0 Å². The molecular weight excluding hydrogens is 677 g/mol. The topological polar surface area (TPSA) is 111 Å². The average Bonchev–Trinajstić information content (AvgIpc) is 3.09. The van der Waals surface area contributed by atoms with Crippen LogP contribution in [0.5, 0.6) is 0 Å². The summed E-state index contributed by atoms with van der Waals surface area (Å²) >= 11 is 0. The Labute approximate surface area is 320 Å². The lowest BCUT2D eigenvalue weighted by Crippen LogP contribution is -2.37. The Morgan fingerprint density at radius 1 is 0.577 bits per heavy atom. The van der Waals surface area contributed by atoms with Crippen molar-refractivity contribution in [2.24, 2.45) is 0 Å². The van der Waals surface area contributed by atoms with E-state index in [9.17, 15) is 19.0 Å². The van der Waals surface area contributed by atoms with Gasteiger partial charge in [-0.1, -0.05) is 154 Å². The van der Waals surface area contributed by atoms with Gasteiger partial charge in [-0.3, -0.25) is 14.2 Å². The number of carbonyl (C=O) groups excluding carboxylic acids is 2. The molecule has 9 nitrogen and oxygen atoms in total. The molecule has 0 rings (SSSR count). The molecule has 0 aromatic heterocycles. The number of hydrogen-bond donors (Lipinski definition) is 0. The molecular formula is C42H82NO8P. The number of rotatable bonds is 39. The summed E-state index contributed by atoms with van der Waals surface area (Å²) in [6, 6.07) is 0. The standard InChI is InChI=1S/C42H82NO8P/c1-6-8-10-12-14-16-18-20-21-23-25-27-29-31-33-35-42(45)51-40(39-50-52(46,47)49-37-36-43(3,4)5)38-48-41(44)34-32-30-28-26-24-22-19-17-15-13-11-9-7-2/h17,19,40H,6-16,18,20-39H2,1-5H3/b19-17-/t40-/m1/s1. The van der Waals surface area contributed by atoms with Crippen molar-refractivity contribution in [2.45, 2.75) is 200 Å². The van der Waals surface area contributed by atoms with Crippen LogP contribution in [-0.2, 0) is 32.7 Å². The fourth-order valence-corrected chi connectivity index (χ4v) is 6.61. The molecule has 0 heterocycles. The SMILES string of the molecule is CCCCCC/C=C\CCCCCCCC(=O)OC[C@H](COP(=O)([O-])OCC[N+](C)(C)C)OC(=O)CCCCCCCCCCCCCCCCC. The molecule has 308 valence electrons. The van der Waals surface area contributed by atoms with Crippen molar-refractivity contribution in [1.29, 1.82) is 0 Å². The summed E-state index contributed by atoms with van der Waals surface area (Å²) in [5, 5.41) is 0. The van der Waals surface area contributed by atoms with E-state index in [1.165, 1.54) is 109 Å². The van der Waals surface area contributed by atoms with Crippen LogP contribution in [0.2, 0.25) is 0 Å². The molecule has 0 aromatic carbocycles. The van der Waals surface area contributed by atoms with Gasteiger partial charge < -0.3 is 27.9 Å². The zero-order chi connectivity index (χ0) is 38.6. The molecule has 0 spiro atoms. The van der Waals surface area contributed by atoms with Crippen molar-refractivity contribution in [1.82, 2.24) is 0 Å². The molecule has 0 N–H and O–H groups in total. The van der Waals surface area contributed by atoms with Gasteiger partial charge in [0.2, 0.25) is 0 Å². The maximum Gasteiger partial charge on any atom is 0.306 e. The zero-order valence-electron chi connectivity index (χ0n) is 34.5. The van der Waals surface area contributed by atoms with E-state index in [-0.39, 0.29) is 32.0 Å². The van der Waals surface area contributed by atoms with E-state index in [0.29, 0.717) is 17.4 Å². The molecule has 2 atom stereocenters. The molecule has 0 aliphatic carbocycles. The van der Waals surface area contributed by atoms with Gasteiger partial charge in [0.25, 0.3) is 7.82 Å². The number of likely N-dealkylation sites (N-methyl/N-ethyl adjacent to an activating group) is 1. The van der Waals surface area contributed by atoms with Crippen molar-refractivity contribution < 1.29 is 42.1 Å². The van der Waals surface area contributed by atoms with Crippen LogP contribution in [0, 0.1) is 0 Å². The van der Waals surface area contributed by atoms with Gasteiger partial charge in [-0.25, -0.2) is 0 Å². The maximum absolute atomic E-state index is 12.6. The van der Waals surface area contributed by atoms with Crippen LogP contribution in [0.3, 0.4) is 0 Å². The predicted octanol–water partition coefficient (Wildman–Crippen LogP) is 11.2. The first-order valence-electron chi connectivity index (χ1n) is 21.4. The Morgan fingerprint density at radius 3 is 1.44 bits per heavy atom. The number of nitrogens with zero attached hydrogens (tertiary/aromatic N) is 1. The molecule has 52 heavy (non-hydrogen) atoms. The lowest BCUT2D eigenvalue weighted by atomic mass is 10.0. The Hall–Kier alpha value is -1.25. The molecule has 0 aliphatic heterocycles. The molecule has 0 aliphatic rings. The van der Waals surface area contributed by atoms with E-state index in [4.69, 9.17) is 18.5 Å². The number of phosphoric acid groups is 1. The summed E-state index contributed by atoms with van der Waals surface area (Å²) in [5.41, 5.74) is 0. The third-order valence-electron chi connectivity index (χ3n) is 9.29. The molecule has 1 unspecified atom stereocenters. The van der Waals surface area contributed by atoms with Gasteiger partial charge in [-0.05, 0) is 38.5 Å². The van der Waals surface area contributed by atoms with Crippen LogP contribution in [0.1, 0.15) is 194 Å². The lowest BCUT2D eigenvalue weighted by Gasteiger charge is -2.28. The van der Waals surface area contributed by atoms with Crippen LogP contribution in [-0.4, -0.2) is 70.0 Å². The number of esters is 2. The smallest absolute Gasteiger partial charge is 0.306 e. The highest BCUT2D eigenvalue weighted by Crippen LogP contribution is 2.38. The van der Waals surface area contributed by atoms with E-state index in [0.717, 1.165) is 51.4 Å². The summed E-state index contributed by atoms with van der Waals surface area (Å²) in [7, 11) is 1.17. The van der Waals surface area contributed by atoms with Crippen LogP contribution in [0.15, 0.2) is 12.2 Å². The van der Waals surface area contributed by atoms with Gasteiger partial charge in [0, 0.05) is 12.8 Å². The number of carbonyl (C=O) groups is 2. The van der Waals surface area contributed by atoms with E-state index < -0.39 is 26.5 Å². The van der Waals surface area contributed by atoms with Gasteiger partial charge in [-0.2, -0.15) is 0 Å². The monoisotopic (exact) mass is 760 g/mol. The van der Waals surface area contributed by atoms with Crippen LogP contribution in [0.4, 0.5) is 0 Å². The quantitative estimate of drug-likeness (QED) is 0.0200. The lowest BCUT2D eigenvalue weighted by molar-refractivity contribution is -0.870. The van der Waals surface area contributed by atoms with Gasteiger partial charge in [0.05, 0.1) is 27.7 Å². The summed E-state index contributed by atoms with van der Waals surface area (Å²) in [5.74, 6) is -0.837. The molecule has 0 aromatic rings. The summed E-state index contributed by atoms with van der Waals surface area (Å²) in [6.45, 7) is 4.22. The Morgan fingerprint density at radius 2 is 0.981 bits per heavy atom. The second kappa shape index (κ2) is 35.5. The molecule has 0 bridgehead atoms. The second-order valence-corrected chi connectivity index (χ2v) is 17.1. The number of ether oxygens (including phenoxy) is 2. The zero-order valence-corrected chi connectivity index (χ0v) is 35.4. The Bertz CT molecular complexity index is 907. The highest BCUT2D eigenvalue weighted by atomic mass is 31.2. The highest BCUT2D eigenvalue weighted by Gasteiger charge is 2.21. The average molecular weight is 760 g/mol. The molecule has 0 amide bonds. The minimum atomic E-state index is -4.62. The number of unbranched alkanes of at least 4 members (excludes halogenated alkanes) is 23. The van der Waals surface area contributed by atoms with Crippen molar-refractivity contribution in [3.05, 3.63) is 12.2 Å². The first kappa shape index (κ1) is 50.8. The molecule has 0 saturated carbocycles. The summed E-state index contributed by atoms with van der Waals surface area (Å²) < 4.78 is 33.8. The van der Waals surface area contributed by atoms with Crippen LogP contribution in [0.25, 0.3) is 0 Å². The summed E-state index contributed by atoms with van der Waals surface area (Å²) in [6.07, 6.45) is 35.1. The third-order valence-corrected chi connectivity index (χ3v) is 10.2. The number of phosphoric ester groups is 1. The minimum Gasteiger partial charge on any atom is -0.756 e. The summed E-state index contributed by atoms with van der Waals surface area (Å²) in [4.78, 5) is 37.4. The van der Waals surface area contributed by atoms with Crippen molar-refractivity contribution >= 4 is 19.8 Å². The molecule has 10 heteroatoms. The van der Waals surface area contributed by atoms with Crippen molar-refractivity contribution in [2.75, 3.05) is 47.5 Å². The highest BCUT2D eigenvalue weighted by molar-refractivity contribution is 7.45. The van der Waals surface area contributed by atoms with E-state index in [1.54, 1.807) is 0 Å². The fourth-order valence-electron chi connectivity index (χ4n) is 5.88. The van der Waals surface area contributed by atoms with E-state index in [1.807, 2.05) is 21.1 Å². The Kier molecular flexibility index (Phi) is 34.6. The van der Waals surface area contributed by atoms with Gasteiger partial charge >= 0.3 is 11.9 Å². The first-order valence-corrected chi connectivity index (χ1v) is 22.9. The minimum absolute atomic E-state index is 0.0290. The van der Waals surface area contributed by atoms with Crippen molar-refractivity contribution in [3.8, 4) is 0 Å². The molecule has 0 fully saturated rings. The number of allylic oxidation sites excluding steroid dienone is 2. The fraction of sp³-hybridized carbons (Fsp3) is 0.905. The first-order chi connectivity index (χ1) is 25.0. The van der Waals surface area contributed by atoms with Crippen LogP contribution < -0.4 is 4.89 Å². The predicted molar refractivity (Wildman–Crippen MR) is 213 cm³/mol. The van der Waals surface area contributed by atoms with Gasteiger partial charge in [-0.15, -0.1) is 0 Å². The Balaban J connectivity index is 4.36. The number of quaternary nitrogens is 1. The van der Waals surface area contributed by atoms with Crippen LogP contribution >= 0.6 is 7.82 Å². The largest absolute Gasteiger partial charge is 0.756 e. The molecule has 0 saturated heterocycles. The maximum atomic E-state index is 12.6. The number of hydrogen-bond acceptors (Lipinski definition) is 8. The van der Waals surface area contributed by atoms with Gasteiger partial charge in [0.1, 0.15) is 19.8 Å². The molecule has 0 radical (unpaired) electrons.